The summed E-state index contributed by atoms with van der Waals surface area (Å²) in [5, 5.41) is 0. The molecule has 1 aliphatic rings. The van der Waals surface area contributed by atoms with Crippen molar-refractivity contribution in [1.82, 2.24) is 4.90 Å². The van der Waals surface area contributed by atoms with E-state index in [1.54, 1.807) is 0 Å². The fourth-order valence-electron chi connectivity index (χ4n) is 2.83. The molecule has 17 heavy (non-hydrogen) atoms. The lowest BCUT2D eigenvalue weighted by molar-refractivity contribution is -0.123. The van der Waals surface area contributed by atoms with Crippen LogP contribution in [0.2, 0.25) is 0 Å². The van der Waals surface area contributed by atoms with Crippen molar-refractivity contribution in [2.75, 3.05) is 7.05 Å². The zero-order valence-corrected chi connectivity index (χ0v) is 11.6. The van der Waals surface area contributed by atoms with Gasteiger partial charge in [0.2, 0.25) is 5.91 Å². The Hall–Kier alpha value is -0.610. The first kappa shape index (κ1) is 14.5. The fraction of sp³-hybridized carbons (Fsp3) is 0.923. The van der Waals surface area contributed by atoms with Gasteiger partial charge >= 0.3 is 0 Å². The Morgan fingerprint density at radius 3 is 2.47 bits per heavy atom. The van der Waals surface area contributed by atoms with E-state index in [-0.39, 0.29) is 5.91 Å². The fourth-order valence-corrected chi connectivity index (χ4v) is 2.83. The molecule has 0 aliphatic heterocycles. The maximum atomic E-state index is 11.3. The highest BCUT2D eigenvalue weighted by Crippen LogP contribution is 2.32. The van der Waals surface area contributed by atoms with Crippen LogP contribution in [0.25, 0.3) is 0 Å². The topological polar surface area (TPSA) is 72.3 Å². The number of amides is 1. The van der Waals surface area contributed by atoms with Gasteiger partial charge in [0.25, 0.3) is 0 Å². The smallest absolute Gasteiger partial charge is 0.237 e. The number of rotatable bonds is 5. The molecule has 1 saturated carbocycles. The van der Waals surface area contributed by atoms with E-state index in [9.17, 15) is 4.79 Å². The number of carbonyl (C=O) groups excluding carboxylic acids is 1. The zero-order chi connectivity index (χ0) is 13.2. The highest BCUT2D eigenvalue weighted by atomic mass is 16.1. The Morgan fingerprint density at radius 2 is 2.06 bits per heavy atom. The first-order chi connectivity index (χ1) is 7.76. The minimum Gasteiger partial charge on any atom is -0.368 e. The second kappa shape index (κ2) is 5.36. The molecule has 0 radical (unpaired) electrons. The molecule has 4 N–H and O–H groups in total. The van der Waals surface area contributed by atoms with Gasteiger partial charge in [-0.1, -0.05) is 13.8 Å². The minimum atomic E-state index is -0.781. The van der Waals surface area contributed by atoms with E-state index in [0.29, 0.717) is 30.8 Å². The Balaban J connectivity index is 2.56. The summed E-state index contributed by atoms with van der Waals surface area (Å²) in [4.78, 5) is 13.7. The summed E-state index contributed by atoms with van der Waals surface area (Å²) in [5.74, 6) is 0.331. The number of carbonyl (C=O) groups is 1. The summed E-state index contributed by atoms with van der Waals surface area (Å²) < 4.78 is 0. The van der Waals surface area contributed by atoms with Crippen molar-refractivity contribution in [2.45, 2.75) is 64.1 Å². The van der Waals surface area contributed by atoms with Gasteiger partial charge in [0.1, 0.15) is 0 Å². The number of nitrogens with zero attached hydrogens (tertiary/aromatic N) is 1. The molecule has 1 rings (SSSR count). The maximum Gasteiger partial charge on any atom is 0.237 e. The Kier molecular flexibility index (Phi) is 4.55. The molecule has 0 saturated heterocycles. The van der Waals surface area contributed by atoms with E-state index < -0.39 is 5.54 Å². The van der Waals surface area contributed by atoms with Crippen molar-refractivity contribution in [2.24, 2.45) is 17.4 Å². The predicted molar refractivity (Wildman–Crippen MR) is 70.4 cm³/mol. The molecule has 4 heteroatoms. The number of hydrogen-bond acceptors (Lipinski definition) is 3. The Labute approximate surface area is 105 Å². The second-order valence-corrected chi connectivity index (χ2v) is 6.06. The van der Waals surface area contributed by atoms with Crippen LogP contribution in [-0.4, -0.2) is 35.5 Å². The molecule has 0 aromatic heterocycles. The summed E-state index contributed by atoms with van der Waals surface area (Å²) >= 11 is 0. The molecule has 4 nitrogen and oxygen atoms in total. The summed E-state index contributed by atoms with van der Waals surface area (Å²) in [6, 6.07) is 0.913. The first-order valence-electron chi connectivity index (χ1n) is 6.57. The largest absolute Gasteiger partial charge is 0.368 e. The van der Waals surface area contributed by atoms with Crippen LogP contribution in [0.15, 0.2) is 0 Å². The van der Waals surface area contributed by atoms with Gasteiger partial charge in [0, 0.05) is 12.1 Å². The number of primary amides is 1. The quantitative estimate of drug-likeness (QED) is 0.756. The van der Waals surface area contributed by atoms with E-state index in [0.717, 1.165) is 6.42 Å². The lowest BCUT2D eigenvalue weighted by Gasteiger charge is -2.32. The predicted octanol–water partition coefficient (Wildman–Crippen LogP) is 1.09. The molecule has 0 aromatic rings. The lowest BCUT2D eigenvalue weighted by Crippen LogP contribution is -2.51. The van der Waals surface area contributed by atoms with Gasteiger partial charge in [-0.2, -0.15) is 0 Å². The minimum absolute atomic E-state index is 0.357. The van der Waals surface area contributed by atoms with Crippen molar-refractivity contribution in [3.8, 4) is 0 Å². The third kappa shape index (κ3) is 3.42. The molecule has 1 fully saturated rings. The van der Waals surface area contributed by atoms with Crippen molar-refractivity contribution in [1.29, 1.82) is 0 Å². The van der Waals surface area contributed by atoms with Gasteiger partial charge in [-0.15, -0.1) is 0 Å². The van der Waals surface area contributed by atoms with Gasteiger partial charge in [-0.25, -0.2) is 0 Å². The lowest BCUT2D eigenvalue weighted by atomic mass is 9.97. The van der Waals surface area contributed by atoms with Gasteiger partial charge < -0.3 is 16.4 Å². The average molecular weight is 241 g/mol. The molecule has 1 amide bonds. The summed E-state index contributed by atoms with van der Waals surface area (Å²) in [6.07, 6.45) is 3.55. The van der Waals surface area contributed by atoms with Crippen LogP contribution in [0.1, 0.15) is 46.5 Å². The van der Waals surface area contributed by atoms with Crippen LogP contribution in [-0.2, 0) is 4.79 Å². The van der Waals surface area contributed by atoms with Crippen LogP contribution in [0.4, 0.5) is 0 Å². The molecule has 0 spiro atoms. The molecule has 100 valence electrons. The van der Waals surface area contributed by atoms with Gasteiger partial charge in [-0.3, -0.25) is 4.79 Å². The summed E-state index contributed by atoms with van der Waals surface area (Å²) in [6.45, 7) is 6.70. The molecule has 3 unspecified atom stereocenters. The van der Waals surface area contributed by atoms with Crippen molar-refractivity contribution in [3.05, 3.63) is 0 Å². The van der Waals surface area contributed by atoms with E-state index in [1.165, 1.54) is 6.42 Å². The van der Waals surface area contributed by atoms with Crippen LogP contribution in [0.3, 0.4) is 0 Å². The second-order valence-electron chi connectivity index (χ2n) is 6.06. The zero-order valence-electron chi connectivity index (χ0n) is 11.6. The average Bonchev–Trinajstić information content (AvgIpc) is 2.60. The first-order valence-corrected chi connectivity index (χ1v) is 6.57. The van der Waals surface area contributed by atoms with E-state index in [2.05, 4.69) is 32.7 Å². The number of hydrogen-bond donors (Lipinski definition) is 2. The van der Waals surface area contributed by atoms with Crippen LogP contribution in [0, 0.1) is 5.92 Å². The van der Waals surface area contributed by atoms with Crippen LogP contribution < -0.4 is 11.5 Å². The van der Waals surface area contributed by atoms with E-state index >= 15 is 0 Å². The highest BCUT2D eigenvalue weighted by molar-refractivity contribution is 5.84. The molecule has 0 heterocycles. The molecule has 3 atom stereocenters. The van der Waals surface area contributed by atoms with Crippen LogP contribution in [0.5, 0.6) is 0 Å². The van der Waals surface area contributed by atoms with E-state index in [1.807, 2.05) is 0 Å². The van der Waals surface area contributed by atoms with Gasteiger partial charge in [-0.05, 0) is 45.6 Å². The van der Waals surface area contributed by atoms with Gasteiger partial charge in [0.15, 0.2) is 0 Å². The molecule has 0 aromatic carbocycles. The highest BCUT2D eigenvalue weighted by Gasteiger charge is 2.42. The normalized spacial score (nSPS) is 31.1. The third-order valence-corrected chi connectivity index (χ3v) is 4.10. The van der Waals surface area contributed by atoms with Crippen molar-refractivity contribution >= 4 is 5.91 Å². The summed E-state index contributed by atoms with van der Waals surface area (Å²) in [7, 11) is 2.13. The van der Waals surface area contributed by atoms with Gasteiger partial charge in [0.05, 0.1) is 5.54 Å². The number of nitrogens with two attached hydrogens (primary N) is 2. The maximum absolute atomic E-state index is 11.3. The third-order valence-electron chi connectivity index (χ3n) is 4.10. The Morgan fingerprint density at radius 1 is 1.47 bits per heavy atom. The standard InChI is InChI=1S/C13H27N3O/c1-9(2)7-10(3)16(4)11-5-6-13(15,8-11)12(14)17/h9-11H,5-8,15H2,1-4H3,(H2,14,17). The summed E-state index contributed by atoms with van der Waals surface area (Å²) in [5.41, 5.74) is 10.6. The van der Waals surface area contributed by atoms with Crippen molar-refractivity contribution in [3.63, 3.8) is 0 Å². The van der Waals surface area contributed by atoms with Crippen molar-refractivity contribution < 1.29 is 4.79 Å². The Bertz CT molecular complexity index is 280. The molecular formula is C13H27N3O. The SMILES string of the molecule is CC(C)CC(C)N(C)C1CCC(N)(C(N)=O)C1. The van der Waals surface area contributed by atoms with Crippen LogP contribution >= 0.6 is 0 Å². The molecule has 1 aliphatic carbocycles. The molecular weight excluding hydrogens is 214 g/mol. The molecule has 0 bridgehead atoms. The monoisotopic (exact) mass is 241 g/mol. The van der Waals surface area contributed by atoms with E-state index in [4.69, 9.17) is 11.5 Å².